The van der Waals surface area contributed by atoms with Gasteiger partial charge in [-0.3, -0.25) is 0 Å². The van der Waals surface area contributed by atoms with Crippen molar-refractivity contribution in [1.29, 1.82) is 0 Å². The molecule has 0 saturated carbocycles. The molecule has 0 atom stereocenters. The quantitative estimate of drug-likeness (QED) is 0.198. The molecular weight excluding hydrogens is 138 g/mol. The molecule has 0 fully saturated rings. The van der Waals surface area contributed by atoms with Gasteiger partial charge in [0.15, 0.2) is 12.3 Å². The Hall–Kier alpha value is -0.530. The summed E-state index contributed by atoms with van der Waals surface area (Å²) in [5.41, 5.74) is 0. The summed E-state index contributed by atoms with van der Waals surface area (Å²) in [4.78, 5) is 0. The van der Waals surface area contributed by atoms with Crippen LogP contribution in [-0.4, -0.2) is 17.0 Å². The first-order chi connectivity index (χ1) is 5.18. The largest absolute Gasteiger partial charge is 0.624 e. The molecule has 0 rings (SSSR count). The maximum Gasteiger partial charge on any atom is 0.157 e. The zero-order chi connectivity index (χ0) is 8.69. The third-order valence-corrected chi connectivity index (χ3v) is 1.63. The van der Waals surface area contributed by atoms with Crippen molar-refractivity contribution in [1.82, 2.24) is 0 Å². The molecule has 0 bridgehead atoms. The summed E-state index contributed by atoms with van der Waals surface area (Å²) in [7, 11) is 0. The summed E-state index contributed by atoms with van der Waals surface area (Å²) in [5, 5.41) is 11.0. The lowest BCUT2D eigenvalue weighted by Gasteiger charge is -2.06. The van der Waals surface area contributed by atoms with E-state index in [1.165, 1.54) is 12.8 Å². The van der Waals surface area contributed by atoms with Crippen molar-refractivity contribution in [2.24, 2.45) is 0 Å². The van der Waals surface area contributed by atoms with Crippen LogP contribution in [0.4, 0.5) is 0 Å². The highest BCUT2D eigenvalue weighted by Gasteiger charge is 1.97. The Labute approximate surface area is 69.5 Å². The van der Waals surface area contributed by atoms with Gasteiger partial charge in [0, 0.05) is 6.42 Å². The molecule has 0 amide bonds. The van der Waals surface area contributed by atoms with E-state index >= 15 is 0 Å². The Bertz CT molecular complexity index is 119. The first kappa shape index (κ1) is 10.5. The van der Waals surface area contributed by atoms with E-state index in [4.69, 9.17) is 0 Å². The molecule has 0 unspecified atom stereocenters. The molecule has 0 aromatic carbocycles. The van der Waals surface area contributed by atoms with Crippen LogP contribution < -0.4 is 0 Å². The summed E-state index contributed by atoms with van der Waals surface area (Å²) in [5.74, 6) is 0. The number of hydrogen-bond donors (Lipinski definition) is 0. The fourth-order valence-electron chi connectivity index (χ4n) is 0.824. The second kappa shape index (κ2) is 6.20. The lowest BCUT2D eigenvalue weighted by molar-refractivity contribution is -0.488. The van der Waals surface area contributed by atoms with E-state index < -0.39 is 0 Å². The van der Waals surface area contributed by atoms with Crippen molar-refractivity contribution in [3.63, 3.8) is 0 Å². The van der Waals surface area contributed by atoms with Crippen LogP contribution >= 0.6 is 0 Å². The zero-order valence-corrected chi connectivity index (χ0v) is 7.84. The molecule has 66 valence electrons. The Kier molecular flexibility index (Phi) is 5.90. The van der Waals surface area contributed by atoms with Gasteiger partial charge in [0.05, 0.1) is 0 Å². The molecule has 0 aromatic rings. The van der Waals surface area contributed by atoms with Gasteiger partial charge in [-0.1, -0.05) is 19.8 Å². The standard InChI is InChI=1S/C9H19NO/c1-4-5-6-7-8-10(11)9(2)3/h8-9H,4-7H2,1-3H3. The van der Waals surface area contributed by atoms with E-state index in [9.17, 15) is 5.21 Å². The normalized spacial score (nSPS) is 12.5. The molecular formula is C9H19NO. The van der Waals surface area contributed by atoms with E-state index in [-0.39, 0.29) is 6.04 Å². The van der Waals surface area contributed by atoms with E-state index in [1.807, 2.05) is 13.8 Å². The fraction of sp³-hybridized carbons (Fsp3) is 0.889. The minimum Gasteiger partial charge on any atom is -0.624 e. The maximum atomic E-state index is 11.0. The molecule has 0 aliphatic rings. The Balaban J connectivity index is 3.40. The monoisotopic (exact) mass is 157 g/mol. The van der Waals surface area contributed by atoms with Gasteiger partial charge in [0.1, 0.15) is 0 Å². The van der Waals surface area contributed by atoms with Crippen molar-refractivity contribution >= 4 is 6.21 Å². The van der Waals surface area contributed by atoms with Crippen molar-refractivity contribution in [2.45, 2.75) is 52.5 Å². The van der Waals surface area contributed by atoms with Gasteiger partial charge >= 0.3 is 0 Å². The molecule has 0 heterocycles. The predicted octanol–water partition coefficient (Wildman–Crippen LogP) is 2.56. The van der Waals surface area contributed by atoms with E-state index in [0.29, 0.717) is 0 Å². The first-order valence-corrected chi connectivity index (χ1v) is 4.47. The van der Waals surface area contributed by atoms with Crippen molar-refractivity contribution in [3.8, 4) is 0 Å². The molecule has 2 heteroatoms. The minimum atomic E-state index is 0.0941. The molecule has 0 aromatic heterocycles. The molecule has 0 radical (unpaired) electrons. The summed E-state index contributed by atoms with van der Waals surface area (Å²) in [6.45, 7) is 5.98. The van der Waals surface area contributed by atoms with E-state index in [0.717, 1.165) is 17.6 Å². The SMILES string of the molecule is CCCCCC=[N+]([O-])C(C)C. The number of hydrogen-bond acceptors (Lipinski definition) is 1. The topological polar surface area (TPSA) is 26.1 Å². The zero-order valence-electron chi connectivity index (χ0n) is 7.84. The summed E-state index contributed by atoms with van der Waals surface area (Å²) in [6.07, 6.45) is 6.26. The van der Waals surface area contributed by atoms with Gasteiger partial charge in [-0.2, -0.15) is 0 Å². The summed E-state index contributed by atoms with van der Waals surface area (Å²) in [6, 6.07) is 0.0941. The van der Waals surface area contributed by atoms with Crippen LogP contribution in [0.1, 0.15) is 46.5 Å². The molecule has 2 nitrogen and oxygen atoms in total. The number of nitrogens with zero attached hydrogens (tertiary/aromatic N) is 1. The summed E-state index contributed by atoms with van der Waals surface area (Å²) >= 11 is 0. The molecule has 0 saturated heterocycles. The average molecular weight is 157 g/mol. The number of unbranched alkanes of at least 4 members (excludes halogenated alkanes) is 3. The highest BCUT2D eigenvalue weighted by Crippen LogP contribution is 1.96. The van der Waals surface area contributed by atoms with Crippen molar-refractivity contribution < 1.29 is 4.74 Å². The third-order valence-electron chi connectivity index (χ3n) is 1.63. The lowest BCUT2D eigenvalue weighted by Crippen LogP contribution is -2.14. The fourth-order valence-corrected chi connectivity index (χ4v) is 0.824. The maximum absolute atomic E-state index is 11.0. The van der Waals surface area contributed by atoms with Crippen LogP contribution in [0, 0.1) is 5.21 Å². The van der Waals surface area contributed by atoms with Gasteiger partial charge < -0.3 is 5.21 Å². The highest BCUT2D eigenvalue weighted by atomic mass is 16.5. The smallest absolute Gasteiger partial charge is 0.157 e. The van der Waals surface area contributed by atoms with E-state index in [1.54, 1.807) is 6.21 Å². The van der Waals surface area contributed by atoms with Crippen LogP contribution in [0.2, 0.25) is 0 Å². The summed E-state index contributed by atoms with van der Waals surface area (Å²) < 4.78 is 1.04. The Morgan fingerprint density at radius 1 is 1.36 bits per heavy atom. The van der Waals surface area contributed by atoms with Gasteiger partial charge in [0.2, 0.25) is 0 Å². The molecule has 0 aliphatic heterocycles. The van der Waals surface area contributed by atoms with E-state index in [2.05, 4.69) is 6.92 Å². The van der Waals surface area contributed by atoms with Crippen LogP contribution in [0.25, 0.3) is 0 Å². The number of hydroxylamine groups is 1. The van der Waals surface area contributed by atoms with Gasteiger partial charge in [-0.15, -0.1) is 0 Å². The van der Waals surface area contributed by atoms with Gasteiger partial charge in [-0.25, -0.2) is 4.74 Å². The minimum absolute atomic E-state index is 0.0941. The third kappa shape index (κ3) is 5.89. The second-order valence-corrected chi connectivity index (χ2v) is 3.13. The first-order valence-electron chi connectivity index (χ1n) is 4.47. The molecule has 11 heavy (non-hydrogen) atoms. The molecule has 0 N–H and O–H groups in total. The van der Waals surface area contributed by atoms with Crippen LogP contribution in [0.15, 0.2) is 0 Å². The van der Waals surface area contributed by atoms with Gasteiger partial charge in [-0.05, 0) is 20.3 Å². The van der Waals surface area contributed by atoms with Crippen molar-refractivity contribution in [2.75, 3.05) is 0 Å². The average Bonchev–Trinajstić information content (AvgIpc) is 1.97. The van der Waals surface area contributed by atoms with Crippen molar-refractivity contribution in [3.05, 3.63) is 5.21 Å². The Morgan fingerprint density at radius 3 is 2.45 bits per heavy atom. The molecule has 0 aliphatic carbocycles. The van der Waals surface area contributed by atoms with Crippen LogP contribution in [-0.2, 0) is 0 Å². The predicted molar refractivity (Wildman–Crippen MR) is 49.0 cm³/mol. The number of rotatable bonds is 5. The van der Waals surface area contributed by atoms with Gasteiger partial charge in [0.25, 0.3) is 0 Å². The Morgan fingerprint density at radius 2 is 2.00 bits per heavy atom. The van der Waals surface area contributed by atoms with Crippen LogP contribution in [0.3, 0.4) is 0 Å². The van der Waals surface area contributed by atoms with Crippen LogP contribution in [0.5, 0.6) is 0 Å². The second-order valence-electron chi connectivity index (χ2n) is 3.13. The lowest BCUT2D eigenvalue weighted by atomic mass is 10.2. The highest BCUT2D eigenvalue weighted by molar-refractivity contribution is 5.51. The molecule has 0 spiro atoms.